The highest BCUT2D eigenvalue weighted by atomic mass is 16.6. The third kappa shape index (κ3) is 3.36. The van der Waals surface area contributed by atoms with Crippen molar-refractivity contribution in [2.24, 2.45) is 0 Å². The van der Waals surface area contributed by atoms with Crippen LogP contribution >= 0.6 is 0 Å². The molecule has 2 aromatic heterocycles. The molecule has 0 aliphatic rings. The number of hydrogen-bond acceptors (Lipinski definition) is 7. The summed E-state index contributed by atoms with van der Waals surface area (Å²) in [4.78, 5) is 38.7. The highest BCUT2D eigenvalue weighted by molar-refractivity contribution is 5.95. The number of anilines is 1. The Labute approximate surface area is 146 Å². The maximum Gasteiger partial charge on any atom is 0.340 e. The van der Waals surface area contributed by atoms with Crippen LogP contribution in [0.1, 0.15) is 21.6 Å². The molecule has 1 aromatic carbocycles. The summed E-state index contributed by atoms with van der Waals surface area (Å²) in [6.07, 6.45) is 1.66. The van der Waals surface area contributed by atoms with Crippen molar-refractivity contribution >= 4 is 23.0 Å². The number of nitrogen functional groups attached to an aromatic ring is 1. The molecule has 2 heterocycles. The minimum Gasteiger partial charge on any atom is -0.456 e. The van der Waals surface area contributed by atoms with E-state index >= 15 is 0 Å². The number of nitrogens with two attached hydrogens (primary N) is 1. The standard InChI is InChI=1S/C17H14N4O5/c1-10-2-5-15-19-11(6-16(22)20(15)8-10)9-26-17(23)13-7-12(21(24)25)3-4-14(13)18/h2-8H,9,18H2,1H3. The zero-order valence-corrected chi connectivity index (χ0v) is 13.7. The van der Waals surface area contributed by atoms with Crippen LogP contribution in [0.4, 0.5) is 11.4 Å². The molecule has 0 amide bonds. The van der Waals surface area contributed by atoms with Crippen molar-refractivity contribution in [3.05, 3.63) is 79.9 Å². The minimum atomic E-state index is -0.836. The van der Waals surface area contributed by atoms with Gasteiger partial charge in [-0.3, -0.25) is 19.3 Å². The van der Waals surface area contributed by atoms with Gasteiger partial charge in [-0.1, -0.05) is 6.07 Å². The third-order valence-corrected chi connectivity index (χ3v) is 3.68. The number of aryl methyl sites for hydroxylation is 1. The summed E-state index contributed by atoms with van der Waals surface area (Å²) in [6.45, 7) is 1.59. The van der Waals surface area contributed by atoms with Gasteiger partial charge in [0.15, 0.2) is 0 Å². The van der Waals surface area contributed by atoms with Gasteiger partial charge < -0.3 is 10.5 Å². The molecule has 0 bridgehead atoms. The number of nitro benzene ring substituents is 1. The number of nitro groups is 1. The minimum absolute atomic E-state index is 0.0580. The lowest BCUT2D eigenvalue weighted by molar-refractivity contribution is -0.384. The summed E-state index contributed by atoms with van der Waals surface area (Å²) in [5.41, 5.74) is 6.62. The van der Waals surface area contributed by atoms with E-state index in [-0.39, 0.29) is 34.8 Å². The van der Waals surface area contributed by atoms with Gasteiger partial charge in [-0.15, -0.1) is 0 Å². The number of aromatic nitrogens is 2. The third-order valence-electron chi connectivity index (χ3n) is 3.68. The number of fused-ring (bicyclic) bond motifs is 1. The summed E-state index contributed by atoms with van der Waals surface area (Å²) in [5.74, 6) is -0.836. The van der Waals surface area contributed by atoms with Crippen LogP contribution in [0.15, 0.2) is 47.4 Å². The van der Waals surface area contributed by atoms with Crippen LogP contribution in [0.5, 0.6) is 0 Å². The van der Waals surface area contributed by atoms with Gasteiger partial charge in [-0.25, -0.2) is 9.78 Å². The van der Waals surface area contributed by atoms with E-state index in [1.165, 1.54) is 22.6 Å². The van der Waals surface area contributed by atoms with E-state index in [9.17, 15) is 19.7 Å². The molecule has 0 aliphatic carbocycles. The topological polar surface area (TPSA) is 130 Å². The van der Waals surface area contributed by atoms with Gasteiger partial charge in [-0.2, -0.15) is 0 Å². The van der Waals surface area contributed by atoms with Crippen molar-refractivity contribution in [2.75, 3.05) is 5.73 Å². The average Bonchev–Trinajstić information content (AvgIpc) is 2.60. The predicted octanol–water partition coefficient (Wildman–Crippen LogP) is 1.85. The summed E-state index contributed by atoms with van der Waals surface area (Å²) >= 11 is 0. The molecule has 0 saturated carbocycles. The van der Waals surface area contributed by atoms with Crippen molar-refractivity contribution in [2.45, 2.75) is 13.5 Å². The van der Waals surface area contributed by atoms with Crippen LogP contribution in [0.2, 0.25) is 0 Å². The van der Waals surface area contributed by atoms with Gasteiger partial charge in [-0.05, 0) is 24.6 Å². The normalized spacial score (nSPS) is 10.7. The highest BCUT2D eigenvalue weighted by Gasteiger charge is 2.17. The Morgan fingerprint density at radius 2 is 2.08 bits per heavy atom. The fraction of sp³-hybridized carbons (Fsp3) is 0.118. The van der Waals surface area contributed by atoms with Gasteiger partial charge >= 0.3 is 5.97 Å². The fourth-order valence-corrected chi connectivity index (χ4v) is 2.38. The number of benzene rings is 1. The van der Waals surface area contributed by atoms with E-state index in [1.54, 1.807) is 18.3 Å². The van der Waals surface area contributed by atoms with Crippen LogP contribution in [0.25, 0.3) is 5.65 Å². The Morgan fingerprint density at radius 3 is 2.81 bits per heavy atom. The zero-order chi connectivity index (χ0) is 18.8. The first-order valence-electron chi connectivity index (χ1n) is 7.55. The summed E-state index contributed by atoms with van der Waals surface area (Å²) in [6, 6.07) is 8.25. The van der Waals surface area contributed by atoms with Gasteiger partial charge in [0.05, 0.1) is 16.2 Å². The van der Waals surface area contributed by atoms with Crippen molar-refractivity contribution < 1.29 is 14.5 Å². The molecule has 2 N–H and O–H groups in total. The molecular weight excluding hydrogens is 340 g/mol. The molecule has 0 aliphatic heterocycles. The van der Waals surface area contributed by atoms with Crippen LogP contribution in [-0.2, 0) is 11.3 Å². The van der Waals surface area contributed by atoms with Crippen LogP contribution in [0, 0.1) is 17.0 Å². The second-order valence-electron chi connectivity index (χ2n) is 5.63. The molecule has 3 aromatic rings. The fourth-order valence-electron chi connectivity index (χ4n) is 2.38. The lowest BCUT2D eigenvalue weighted by Crippen LogP contribution is -2.17. The van der Waals surface area contributed by atoms with E-state index in [1.807, 2.05) is 6.92 Å². The van der Waals surface area contributed by atoms with Crippen LogP contribution < -0.4 is 11.3 Å². The first kappa shape index (κ1) is 17.1. The molecule has 0 spiro atoms. The lowest BCUT2D eigenvalue weighted by Gasteiger charge is -2.08. The molecule has 26 heavy (non-hydrogen) atoms. The Kier molecular flexibility index (Phi) is 4.36. The molecule has 132 valence electrons. The van der Waals surface area contributed by atoms with Gasteiger partial charge in [0.1, 0.15) is 12.3 Å². The molecule has 3 rings (SSSR count). The van der Waals surface area contributed by atoms with E-state index in [4.69, 9.17) is 10.5 Å². The molecule has 0 unspecified atom stereocenters. The van der Waals surface area contributed by atoms with Crippen molar-refractivity contribution in [1.82, 2.24) is 9.38 Å². The molecule has 9 nitrogen and oxygen atoms in total. The Bertz CT molecular complexity index is 1090. The largest absolute Gasteiger partial charge is 0.456 e. The lowest BCUT2D eigenvalue weighted by atomic mass is 10.1. The van der Waals surface area contributed by atoms with E-state index < -0.39 is 10.9 Å². The van der Waals surface area contributed by atoms with Gasteiger partial charge in [0.25, 0.3) is 11.2 Å². The predicted molar refractivity (Wildman–Crippen MR) is 92.8 cm³/mol. The average molecular weight is 354 g/mol. The Balaban J connectivity index is 1.83. The SMILES string of the molecule is Cc1ccc2nc(COC(=O)c3cc([N+](=O)[O-])ccc3N)cc(=O)n2c1. The van der Waals surface area contributed by atoms with Crippen molar-refractivity contribution in [3.63, 3.8) is 0 Å². The monoisotopic (exact) mass is 354 g/mol. The number of esters is 1. The molecule has 9 heteroatoms. The van der Waals surface area contributed by atoms with E-state index in [2.05, 4.69) is 4.98 Å². The number of hydrogen-bond donors (Lipinski definition) is 1. The second-order valence-corrected chi connectivity index (χ2v) is 5.63. The summed E-state index contributed by atoms with van der Waals surface area (Å²) in [5, 5.41) is 10.8. The quantitative estimate of drug-likeness (QED) is 0.327. The molecular formula is C17H14N4O5. The summed E-state index contributed by atoms with van der Waals surface area (Å²) < 4.78 is 6.49. The Morgan fingerprint density at radius 1 is 1.31 bits per heavy atom. The Hall–Kier alpha value is -3.75. The maximum atomic E-state index is 12.2. The number of carbonyl (C=O) groups excluding carboxylic acids is 1. The van der Waals surface area contributed by atoms with E-state index in [0.29, 0.717) is 5.65 Å². The second kappa shape index (κ2) is 6.63. The molecule has 0 fully saturated rings. The number of rotatable bonds is 4. The summed E-state index contributed by atoms with van der Waals surface area (Å²) in [7, 11) is 0. The number of ether oxygens (including phenoxy) is 1. The van der Waals surface area contributed by atoms with Crippen LogP contribution in [0.3, 0.4) is 0 Å². The van der Waals surface area contributed by atoms with Crippen molar-refractivity contribution in [1.29, 1.82) is 0 Å². The first-order valence-corrected chi connectivity index (χ1v) is 7.55. The zero-order valence-electron chi connectivity index (χ0n) is 13.7. The molecule has 0 saturated heterocycles. The number of carbonyl (C=O) groups is 1. The molecule has 0 atom stereocenters. The highest BCUT2D eigenvalue weighted by Crippen LogP contribution is 2.20. The van der Waals surface area contributed by atoms with Gasteiger partial charge in [0.2, 0.25) is 0 Å². The van der Waals surface area contributed by atoms with E-state index in [0.717, 1.165) is 11.6 Å². The number of pyridine rings is 1. The van der Waals surface area contributed by atoms with Crippen LogP contribution in [-0.4, -0.2) is 20.3 Å². The number of nitrogens with zero attached hydrogens (tertiary/aromatic N) is 3. The number of non-ortho nitro benzene ring substituents is 1. The molecule has 0 radical (unpaired) electrons. The maximum absolute atomic E-state index is 12.2. The smallest absolute Gasteiger partial charge is 0.340 e. The van der Waals surface area contributed by atoms with Crippen molar-refractivity contribution in [3.8, 4) is 0 Å². The first-order chi connectivity index (χ1) is 12.3. The van der Waals surface area contributed by atoms with Gasteiger partial charge in [0, 0.05) is 30.1 Å².